The summed E-state index contributed by atoms with van der Waals surface area (Å²) in [5.41, 5.74) is 3.70. The van der Waals surface area contributed by atoms with Crippen molar-refractivity contribution in [1.29, 1.82) is 0 Å². The molecule has 1 N–H and O–H groups in total. The van der Waals surface area contributed by atoms with Crippen molar-refractivity contribution in [1.82, 2.24) is 5.06 Å². The van der Waals surface area contributed by atoms with Gasteiger partial charge in [-0.3, -0.25) is 0 Å². The molecule has 25 heavy (non-hydrogen) atoms. The standard InChI is InChI=1S/C23H23NO/c25-24-22(19-12-6-2-7-13-19)16-21(18-10-4-1-5-11-18)17-23(24)20-14-8-3-9-15-20/h1-15,21-23,25H,16-17H2/t21?,22-,23+. The Labute approximate surface area is 149 Å². The lowest BCUT2D eigenvalue weighted by molar-refractivity contribution is -0.185. The molecule has 3 aromatic carbocycles. The monoisotopic (exact) mass is 329 g/mol. The minimum absolute atomic E-state index is 0.00497. The first-order valence-electron chi connectivity index (χ1n) is 8.95. The van der Waals surface area contributed by atoms with Gasteiger partial charge < -0.3 is 5.21 Å². The van der Waals surface area contributed by atoms with E-state index in [1.54, 1.807) is 5.06 Å². The van der Waals surface area contributed by atoms with Gasteiger partial charge in [-0.2, -0.15) is 5.06 Å². The molecule has 3 atom stereocenters. The second kappa shape index (κ2) is 7.22. The SMILES string of the molecule is ON1[C@@H](c2ccccc2)CC(c2ccccc2)C[C@H]1c1ccccc1. The molecule has 1 saturated heterocycles. The lowest BCUT2D eigenvalue weighted by atomic mass is 9.79. The van der Waals surface area contributed by atoms with E-state index in [2.05, 4.69) is 54.6 Å². The van der Waals surface area contributed by atoms with Gasteiger partial charge >= 0.3 is 0 Å². The van der Waals surface area contributed by atoms with Gasteiger partial charge in [0.2, 0.25) is 0 Å². The van der Waals surface area contributed by atoms with Crippen molar-refractivity contribution >= 4 is 0 Å². The zero-order valence-corrected chi connectivity index (χ0v) is 14.2. The summed E-state index contributed by atoms with van der Waals surface area (Å²) < 4.78 is 0. The van der Waals surface area contributed by atoms with Gasteiger partial charge in [-0.15, -0.1) is 0 Å². The van der Waals surface area contributed by atoms with E-state index in [-0.39, 0.29) is 12.1 Å². The van der Waals surface area contributed by atoms with Crippen molar-refractivity contribution < 1.29 is 5.21 Å². The Bertz CT molecular complexity index is 739. The Morgan fingerprint density at radius 2 is 0.920 bits per heavy atom. The zero-order valence-electron chi connectivity index (χ0n) is 14.2. The van der Waals surface area contributed by atoms with Crippen LogP contribution in [0, 0.1) is 0 Å². The molecule has 0 saturated carbocycles. The van der Waals surface area contributed by atoms with E-state index in [0.29, 0.717) is 5.92 Å². The number of benzene rings is 3. The van der Waals surface area contributed by atoms with Crippen LogP contribution in [0.3, 0.4) is 0 Å². The Balaban J connectivity index is 1.72. The first-order valence-corrected chi connectivity index (χ1v) is 8.95. The van der Waals surface area contributed by atoms with Crippen LogP contribution in [0.15, 0.2) is 91.0 Å². The van der Waals surface area contributed by atoms with E-state index in [1.165, 1.54) is 16.7 Å². The molecule has 0 amide bonds. The van der Waals surface area contributed by atoms with E-state index in [4.69, 9.17) is 0 Å². The molecule has 1 unspecified atom stereocenters. The van der Waals surface area contributed by atoms with Crippen molar-refractivity contribution in [3.63, 3.8) is 0 Å². The van der Waals surface area contributed by atoms with Crippen LogP contribution in [-0.4, -0.2) is 10.3 Å². The highest BCUT2D eigenvalue weighted by Gasteiger charge is 2.37. The maximum absolute atomic E-state index is 11.0. The summed E-state index contributed by atoms with van der Waals surface area (Å²) in [6.07, 6.45) is 1.85. The van der Waals surface area contributed by atoms with Gasteiger partial charge in [-0.05, 0) is 35.4 Å². The molecule has 2 heteroatoms. The second-order valence-corrected chi connectivity index (χ2v) is 6.81. The summed E-state index contributed by atoms with van der Waals surface area (Å²) in [5.74, 6) is 0.431. The molecule has 1 aliphatic rings. The topological polar surface area (TPSA) is 23.5 Å². The van der Waals surface area contributed by atoms with Crippen LogP contribution in [0.1, 0.15) is 47.5 Å². The van der Waals surface area contributed by atoms with Gasteiger partial charge in [0.15, 0.2) is 0 Å². The van der Waals surface area contributed by atoms with Gasteiger partial charge in [0.1, 0.15) is 0 Å². The summed E-state index contributed by atoms with van der Waals surface area (Å²) in [5, 5.41) is 12.6. The van der Waals surface area contributed by atoms with Crippen molar-refractivity contribution in [2.75, 3.05) is 0 Å². The summed E-state index contributed by atoms with van der Waals surface area (Å²) in [4.78, 5) is 0. The van der Waals surface area contributed by atoms with E-state index < -0.39 is 0 Å². The van der Waals surface area contributed by atoms with Gasteiger partial charge in [0, 0.05) is 0 Å². The second-order valence-electron chi connectivity index (χ2n) is 6.81. The largest absolute Gasteiger partial charge is 0.313 e. The molecule has 4 rings (SSSR count). The molecule has 0 spiro atoms. The van der Waals surface area contributed by atoms with Crippen LogP contribution in [0.2, 0.25) is 0 Å². The number of hydrogen-bond donors (Lipinski definition) is 1. The molecular weight excluding hydrogens is 306 g/mol. The quantitative estimate of drug-likeness (QED) is 0.662. The molecule has 126 valence electrons. The smallest absolute Gasteiger partial charge is 0.0612 e. The Morgan fingerprint density at radius 1 is 0.560 bits per heavy atom. The van der Waals surface area contributed by atoms with Gasteiger partial charge in [0.05, 0.1) is 12.1 Å². The van der Waals surface area contributed by atoms with Crippen LogP contribution in [0.25, 0.3) is 0 Å². The number of hydroxylamine groups is 2. The normalized spacial score (nSPS) is 24.1. The fraction of sp³-hybridized carbons (Fsp3) is 0.217. The Hall–Kier alpha value is -2.42. The highest BCUT2D eigenvalue weighted by Crippen LogP contribution is 2.46. The average Bonchev–Trinajstić information content (AvgIpc) is 2.70. The van der Waals surface area contributed by atoms with Gasteiger partial charge in [-0.25, -0.2) is 0 Å². The molecule has 0 aromatic heterocycles. The summed E-state index contributed by atoms with van der Waals surface area (Å²) in [7, 11) is 0. The third-order valence-corrected chi connectivity index (χ3v) is 5.29. The van der Waals surface area contributed by atoms with Crippen LogP contribution in [-0.2, 0) is 0 Å². The number of piperidine rings is 1. The Kier molecular flexibility index (Phi) is 4.64. The van der Waals surface area contributed by atoms with E-state index in [1.807, 2.05) is 36.4 Å². The highest BCUT2D eigenvalue weighted by molar-refractivity contribution is 5.28. The average molecular weight is 329 g/mol. The molecule has 0 aliphatic carbocycles. The minimum atomic E-state index is 0.00497. The first-order chi connectivity index (χ1) is 12.3. The van der Waals surface area contributed by atoms with E-state index >= 15 is 0 Å². The molecule has 2 nitrogen and oxygen atoms in total. The van der Waals surface area contributed by atoms with Crippen LogP contribution >= 0.6 is 0 Å². The van der Waals surface area contributed by atoms with Crippen molar-refractivity contribution in [3.8, 4) is 0 Å². The summed E-state index contributed by atoms with van der Waals surface area (Å²) >= 11 is 0. The third-order valence-electron chi connectivity index (χ3n) is 5.29. The number of nitrogens with zero attached hydrogens (tertiary/aromatic N) is 1. The van der Waals surface area contributed by atoms with Gasteiger partial charge in [0.25, 0.3) is 0 Å². The predicted molar refractivity (Wildman–Crippen MR) is 100 cm³/mol. The molecule has 1 heterocycles. The summed E-state index contributed by atoms with van der Waals surface area (Å²) in [6, 6.07) is 31.4. The molecule has 0 bridgehead atoms. The first kappa shape index (κ1) is 16.1. The predicted octanol–water partition coefficient (Wildman–Crippen LogP) is 5.74. The molecule has 1 aliphatic heterocycles. The lowest BCUT2D eigenvalue weighted by Gasteiger charge is -2.42. The molecule has 1 fully saturated rings. The molecule has 0 radical (unpaired) electrons. The third kappa shape index (κ3) is 3.37. The van der Waals surface area contributed by atoms with Crippen LogP contribution in [0.5, 0.6) is 0 Å². The van der Waals surface area contributed by atoms with Crippen LogP contribution in [0.4, 0.5) is 0 Å². The maximum atomic E-state index is 11.0. The summed E-state index contributed by atoms with van der Waals surface area (Å²) in [6.45, 7) is 0. The van der Waals surface area contributed by atoms with Crippen molar-refractivity contribution in [3.05, 3.63) is 108 Å². The fourth-order valence-electron chi connectivity index (χ4n) is 3.99. The minimum Gasteiger partial charge on any atom is -0.313 e. The highest BCUT2D eigenvalue weighted by atomic mass is 16.5. The lowest BCUT2D eigenvalue weighted by Crippen LogP contribution is -2.36. The van der Waals surface area contributed by atoms with Gasteiger partial charge in [-0.1, -0.05) is 91.0 Å². The number of hydrogen-bond acceptors (Lipinski definition) is 2. The van der Waals surface area contributed by atoms with Crippen LogP contribution < -0.4 is 0 Å². The molecule has 3 aromatic rings. The van der Waals surface area contributed by atoms with Crippen molar-refractivity contribution in [2.45, 2.75) is 30.8 Å². The van der Waals surface area contributed by atoms with E-state index in [9.17, 15) is 5.21 Å². The molecular formula is C23H23NO. The Morgan fingerprint density at radius 3 is 1.32 bits per heavy atom. The van der Waals surface area contributed by atoms with E-state index in [0.717, 1.165) is 12.8 Å². The van der Waals surface area contributed by atoms with Crippen molar-refractivity contribution in [2.24, 2.45) is 0 Å². The fourth-order valence-corrected chi connectivity index (χ4v) is 3.99. The number of rotatable bonds is 3. The maximum Gasteiger partial charge on any atom is 0.0612 e. The zero-order chi connectivity index (χ0) is 17.1.